The predicted molar refractivity (Wildman–Crippen MR) is 161 cm³/mol. The molecule has 0 unspecified atom stereocenters. The molecule has 0 saturated carbocycles. The second kappa shape index (κ2) is 12.5. The standard InChI is InChI=1S/C34H36N2O4/c1-21-7-11-29(17-23(21)3)39-19-33(37)35-31-13-9-27(15-25(31)5)28-10-14-32(26(6)16-28)36-34(38)20-40-30-12-8-22(2)24(4)18-30/h7-18H,19-20H2,1-6H3,(H,35,37)(H,36,38). The van der Waals surface area contributed by atoms with Crippen LogP contribution in [0, 0.1) is 41.5 Å². The number of rotatable bonds is 9. The van der Waals surface area contributed by atoms with Crippen LogP contribution in [0.5, 0.6) is 11.5 Å². The minimum Gasteiger partial charge on any atom is -0.484 e. The number of hydrogen-bond donors (Lipinski definition) is 2. The first kappa shape index (κ1) is 28.4. The van der Waals surface area contributed by atoms with Crippen LogP contribution in [-0.4, -0.2) is 25.0 Å². The van der Waals surface area contributed by atoms with Gasteiger partial charge in [-0.3, -0.25) is 9.59 Å². The van der Waals surface area contributed by atoms with Gasteiger partial charge in [-0.1, -0.05) is 24.3 Å². The number of benzene rings is 4. The van der Waals surface area contributed by atoms with E-state index >= 15 is 0 Å². The molecular formula is C34H36N2O4. The molecule has 4 aromatic rings. The minimum atomic E-state index is -0.216. The second-order valence-corrected chi connectivity index (χ2v) is 10.2. The quantitative estimate of drug-likeness (QED) is 0.236. The van der Waals surface area contributed by atoms with Crippen LogP contribution in [0.3, 0.4) is 0 Å². The monoisotopic (exact) mass is 536 g/mol. The first-order valence-electron chi connectivity index (χ1n) is 13.3. The second-order valence-electron chi connectivity index (χ2n) is 10.2. The van der Waals surface area contributed by atoms with E-state index < -0.39 is 0 Å². The first-order chi connectivity index (χ1) is 19.1. The summed E-state index contributed by atoms with van der Waals surface area (Å²) >= 11 is 0. The SMILES string of the molecule is Cc1ccc(OCC(=O)Nc2ccc(-c3ccc(NC(=O)COc4ccc(C)c(C)c4)c(C)c3)cc2C)cc1C. The van der Waals surface area contributed by atoms with E-state index in [1.165, 1.54) is 11.1 Å². The Kier molecular flexibility index (Phi) is 8.90. The van der Waals surface area contributed by atoms with Gasteiger partial charge in [0.1, 0.15) is 11.5 Å². The third kappa shape index (κ3) is 7.29. The molecule has 0 aromatic heterocycles. The summed E-state index contributed by atoms with van der Waals surface area (Å²) in [5.74, 6) is 0.918. The lowest BCUT2D eigenvalue weighted by Gasteiger charge is -2.14. The smallest absolute Gasteiger partial charge is 0.262 e. The van der Waals surface area contributed by atoms with Crippen molar-refractivity contribution in [1.29, 1.82) is 0 Å². The van der Waals surface area contributed by atoms with Crippen molar-refractivity contribution in [2.45, 2.75) is 41.5 Å². The van der Waals surface area contributed by atoms with Gasteiger partial charge >= 0.3 is 0 Å². The Morgan fingerprint density at radius 3 is 1.25 bits per heavy atom. The lowest BCUT2D eigenvalue weighted by molar-refractivity contribution is -0.118. The van der Waals surface area contributed by atoms with Crippen LogP contribution in [-0.2, 0) is 9.59 Å². The van der Waals surface area contributed by atoms with Gasteiger partial charge in [0.2, 0.25) is 0 Å². The number of nitrogens with one attached hydrogen (secondary N) is 2. The van der Waals surface area contributed by atoms with Gasteiger partial charge in [-0.15, -0.1) is 0 Å². The highest BCUT2D eigenvalue weighted by molar-refractivity contribution is 5.94. The average Bonchev–Trinajstić information content (AvgIpc) is 2.92. The molecule has 0 heterocycles. The molecule has 0 atom stereocenters. The van der Waals surface area contributed by atoms with Crippen LogP contribution < -0.4 is 20.1 Å². The van der Waals surface area contributed by atoms with Crippen molar-refractivity contribution < 1.29 is 19.1 Å². The van der Waals surface area contributed by atoms with Gasteiger partial charge in [0.25, 0.3) is 11.8 Å². The fourth-order valence-corrected chi connectivity index (χ4v) is 4.24. The molecule has 0 aliphatic rings. The number of ether oxygens (including phenoxy) is 2. The molecule has 0 saturated heterocycles. The Morgan fingerprint density at radius 1 is 0.500 bits per heavy atom. The fourth-order valence-electron chi connectivity index (χ4n) is 4.24. The maximum absolute atomic E-state index is 12.5. The number of carbonyl (C=O) groups excluding carboxylic acids is 2. The highest BCUT2D eigenvalue weighted by Crippen LogP contribution is 2.28. The Morgan fingerprint density at radius 2 is 0.900 bits per heavy atom. The molecule has 206 valence electrons. The van der Waals surface area contributed by atoms with Crippen molar-refractivity contribution in [3.8, 4) is 22.6 Å². The molecule has 6 heteroatoms. The van der Waals surface area contributed by atoms with Crippen LogP contribution in [0.25, 0.3) is 11.1 Å². The fraction of sp³-hybridized carbons (Fsp3) is 0.235. The molecule has 0 fully saturated rings. The number of carbonyl (C=O) groups is 2. The topological polar surface area (TPSA) is 76.7 Å². The van der Waals surface area contributed by atoms with Crippen molar-refractivity contribution in [3.63, 3.8) is 0 Å². The van der Waals surface area contributed by atoms with Gasteiger partial charge in [-0.25, -0.2) is 0 Å². The van der Waals surface area contributed by atoms with Crippen molar-refractivity contribution in [1.82, 2.24) is 0 Å². The maximum Gasteiger partial charge on any atom is 0.262 e. The minimum absolute atomic E-state index is 0.0637. The normalized spacial score (nSPS) is 10.7. The van der Waals surface area contributed by atoms with Crippen LogP contribution in [0.4, 0.5) is 11.4 Å². The van der Waals surface area contributed by atoms with E-state index in [1.54, 1.807) is 0 Å². The lowest BCUT2D eigenvalue weighted by atomic mass is 10.00. The molecule has 2 N–H and O–H groups in total. The summed E-state index contributed by atoms with van der Waals surface area (Å²) in [5.41, 5.74) is 9.99. The number of aryl methyl sites for hydroxylation is 6. The van der Waals surface area contributed by atoms with E-state index in [1.807, 2.05) is 114 Å². The molecule has 0 aliphatic carbocycles. The van der Waals surface area contributed by atoms with E-state index in [0.717, 1.165) is 44.8 Å². The summed E-state index contributed by atoms with van der Waals surface area (Å²) < 4.78 is 11.3. The molecular weight excluding hydrogens is 500 g/mol. The van der Waals surface area contributed by atoms with Crippen molar-refractivity contribution in [2.75, 3.05) is 23.8 Å². The zero-order valence-corrected chi connectivity index (χ0v) is 24.0. The molecule has 2 amide bonds. The third-order valence-electron chi connectivity index (χ3n) is 7.03. The van der Waals surface area contributed by atoms with Crippen LogP contribution >= 0.6 is 0 Å². The molecule has 4 aromatic carbocycles. The Hall–Kier alpha value is -4.58. The summed E-state index contributed by atoms with van der Waals surface area (Å²) in [5, 5.41) is 5.87. The summed E-state index contributed by atoms with van der Waals surface area (Å²) in [6.45, 7) is 11.9. The molecule has 0 spiro atoms. The van der Waals surface area contributed by atoms with E-state index in [4.69, 9.17) is 9.47 Å². The third-order valence-corrected chi connectivity index (χ3v) is 7.03. The van der Waals surface area contributed by atoms with Crippen molar-refractivity contribution in [2.24, 2.45) is 0 Å². The summed E-state index contributed by atoms with van der Waals surface area (Å²) in [6, 6.07) is 23.4. The van der Waals surface area contributed by atoms with Gasteiger partial charge in [0.05, 0.1) is 0 Å². The highest BCUT2D eigenvalue weighted by Gasteiger charge is 2.11. The van der Waals surface area contributed by atoms with E-state index in [9.17, 15) is 9.59 Å². The van der Waals surface area contributed by atoms with Gasteiger partial charge < -0.3 is 20.1 Å². The van der Waals surface area contributed by atoms with Gasteiger partial charge in [0.15, 0.2) is 13.2 Å². The molecule has 4 rings (SSSR count). The molecule has 0 aliphatic heterocycles. The number of amides is 2. The molecule has 40 heavy (non-hydrogen) atoms. The Bertz CT molecular complexity index is 1440. The predicted octanol–water partition coefficient (Wildman–Crippen LogP) is 7.24. The van der Waals surface area contributed by atoms with E-state index in [-0.39, 0.29) is 25.0 Å². The summed E-state index contributed by atoms with van der Waals surface area (Å²) in [4.78, 5) is 25.0. The average molecular weight is 537 g/mol. The molecule has 6 nitrogen and oxygen atoms in total. The van der Waals surface area contributed by atoms with Crippen LogP contribution in [0.15, 0.2) is 72.8 Å². The zero-order valence-electron chi connectivity index (χ0n) is 24.0. The molecule has 0 radical (unpaired) electrons. The Balaban J connectivity index is 1.33. The molecule has 0 bridgehead atoms. The van der Waals surface area contributed by atoms with Gasteiger partial charge in [-0.05, 0) is 135 Å². The number of anilines is 2. The highest BCUT2D eigenvalue weighted by atomic mass is 16.5. The van der Waals surface area contributed by atoms with Crippen LogP contribution in [0.1, 0.15) is 33.4 Å². The summed E-state index contributed by atoms with van der Waals surface area (Å²) in [6.07, 6.45) is 0. The Labute approximate surface area is 236 Å². The van der Waals surface area contributed by atoms with Gasteiger partial charge in [0, 0.05) is 11.4 Å². The van der Waals surface area contributed by atoms with E-state index in [2.05, 4.69) is 10.6 Å². The first-order valence-corrected chi connectivity index (χ1v) is 13.3. The van der Waals surface area contributed by atoms with Crippen molar-refractivity contribution >= 4 is 23.2 Å². The summed E-state index contributed by atoms with van der Waals surface area (Å²) in [7, 11) is 0. The van der Waals surface area contributed by atoms with Crippen molar-refractivity contribution in [3.05, 3.63) is 106 Å². The van der Waals surface area contributed by atoms with Gasteiger partial charge in [-0.2, -0.15) is 0 Å². The van der Waals surface area contributed by atoms with E-state index in [0.29, 0.717) is 11.5 Å². The lowest BCUT2D eigenvalue weighted by Crippen LogP contribution is -2.20. The maximum atomic E-state index is 12.5. The largest absolute Gasteiger partial charge is 0.484 e. The van der Waals surface area contributed by atoms with Crippen LogP contribution in [0.2, 0.25) is 0 Å². The number of hydrogen-bond acceptors (Lipinski definition) is 4. The zero-order chi connectivity index (χ0) is 28.8.